The van der Waals surface area contributed by atoms with E-state index in [-0.39, 0.29) is 17.9 Å². The highest BCUT2D eigenvalue weighted by molar-refractivity contribution is 6.04. The predicted molar refractivity (Wildman–Crippen MR) is 101 cm³/mol. The minimum absolute atomic E-state index is 0.0411. The van der Waals surface area contributed by atoms with Gasteiger partial charge in [-0.05, 0) is 44.0 Å². The van der Waals surface area contributed by atoms with Crippen molar-refractivity contribution in [2.24, 2.45) is 0 Å². The van der Waals surface area contributed by atoms with E-state index < -0.39 is 52.3 Å². The Morgan fingerprint density at radius 3 is 2.15 bits per heavy atom. The van der Waals surface area contributed by atoms with E-state index in [1.807, 2.05) is 13.8 Å². The zero-order valence-electron chi connectivity index (χ0n) is 17.3. The molecule has 1 aromatic heterocycles. The molecule has 0 aliphatic carbocycles. The molecule has 0 saturated carbocycles. The molecule has 0 aliphatic rings. The van der Waals surface area contributed by atoms with Crippen LogP contribution in [0.3, 0.4) is 0 Å². The Morgan fingerprint density at radius 2 is 1.61 bits per heavy atom. The van der Waals surface area contributed by atoms with Crippen LogP contribution in [0.2, 0.25) is 0 Å². The third-order valence-corrected chi connectivity index (χ3v) is 4.85. The Hall–Kier alpha value is -3.57. The van der Waals surface area contributed by atoms with Crippen LogP contribution in [0.1, 0.15) is 38.5 Å². The number of rotatable bonds is 5. The molecule has 5 nitrogen and oxygen atoms in total. The second kappa shape index (κ2) is 8.75. The number of hydrogen-bond donors (Lipinski definition) is 1. The van der Waals surface area contributed by atoms with E-state index in [0.717, 1.165) is 11.1 Å². The number of hydrogen-bond acceptors (Lipinski definition) is 4. The number of carbonyl (C=O) groups excluding carboxylic acids is 1. The summed E-state index contributed by atoms with van der Waals surface area (Å²) >= 11 is 0. The molecule has 0 saturated heterocycles. The molecule has 0 atom stereocenters. The number of amides is 1. The number of anilines is 1. The number of carbonyl (C=O) groups is 1. The predicted octanol–water partition coefficient (Wildman–Crippen LogP) is 6.01. The van der Waals surface area contributed by atoms with Gasteiger partial charge in [0.05, 0.1) is 5.56 Å². The fraction of sp³-hybridized carbons (Fsp3) is 0.238. The van der Waals surface area contributed by atoms with Crippen molar-refractivity contribution in [1.29, 1.82) is 0 Å². The second-order valence-corrected chi connectivity index (χ2v) is 7.06. The van der Waals surface area contributed by atoms with Gasteiger partial charge in [0.1, 0.15) is 29.4 Å². The lowest BCUT2D eigenvalue weighted by molar-refractivity contribution is -0.143. The maximum Gasteiger partial charge on any atom is 0.422 e. The lowest BCUT2D eigenvalue weighted by atomic mass is 10.1. The Balaban J connectivity index is 1.90. The molecule has 33 heavy (non-hydrogen) atoms. The van der Waals surface area contributed by atoms with E-state index in [1.165, 1.54) is 12.2 Å². The molecule has 12 heteroatoms. The highest BCUT2D eigenvalue weighted by atomic mass is 19.4. The Morgan fingerprint density at radius 1 is 1.00 bits per heavy atom. The average Bonchev–Trinajstić information content (AvgIpc) is 3.10. The summed E-state index contributed by atoms with van der Waals surface area (Å²) in [4.78, 5) is 12.5. The van der Waals surface area contributed by atoms with Crippen LogP contribution < -0.4 is 10.1 Å². The Bertz CT molecular complexity index is 1210. The van der Waals surface area contributed by atoms with Crippen molar-refractivity contribution in [3.8, 4) is 5.75 Å². The number of nitrogens with zero attached hydrogens (tertiary/aromatic N) is 1. The third-order valence-electron chi connectivity index (χ3n) is 4.85. The van der Waals surface area contributed by atoms with Crippen LogP contribution in [-0.4, -0.2) is 11.1 Å². The zero-order chi connectivity index (χ0) is 24.7. The van der Waals surface area contributed by atoms with Crippen LogP contribution in [0.25, 0.3) is 0 Å². The molecular weight excluding hydrogens is 461 g/mol. The molecule has 0 radical (unpaired) electrons. The van der Waals surface area contributed by atoms with Gasteiger partial charge in [-0.25, -0.2) is 17.6 Å². The van der Waals surface area contributed by atoms with Gasteiger partial charge in [-0.1, -0.05) is 11.2 Å². The van der Waals surface area contributed by atoms with Crippen LogP contribution in [0.15, 0.2) is 22.7 Å². The Kier molecular flexibility index (Phi) is 6.39. The molecule has 3 rings (SSSR count). The summed E-state index contributed by atoms with van der Waals surface area (Å²) in [6, 6.07) is 5.16. The van der Waals surface area contributed by atoms with Gasteiger partial charge in [0.25, 0.3) is 5.91 Å². The first-order chi connectivity index (χ1) is 15.3. The van der Waals surface area contributed by atoms with E-state index in [4.69, 9.17) is 9.26 Å². The standard InChI is InChI=1S/C21H15F7N2O3/c1-8-4-5-11(6-9(8)2)32-7-12-10(3)33-30-18(12)20(31)29-19-16(24)14(22)13(21(26,27)28)15(23)17(19)25/h4-6H,7H2,1-3H3,(H,29,31). The zero-order valence-corrected chi connectivity index (χ0v) is 17.3. The smallest absolute Gasteiger partial charge is 0.422 e. The highest BCUT2D eigenvalue weighted by Crippen LogP contribution is 2.38. The molecule has 0 aliphatic heterocycles. The molecule has 1 heterocycles. The summed E-state index contributed by atoms with van der Waals surface area (Å²) in [5.74, 6) is -11.1. The molecular formula is C21H15F7N2O3. The maximum atomic E-state index is 14.1. The molecule has 0 bridgehead atoms. The minimum Gasteiger partial charge on any atom is -0.489 e. The first kappa shape index (κ1) is 24.1. The van der Waals surface area contributed by atoms with E-state index in [1.54, 1.807) is 18.2 Å². The highest BCUT2D eigenvalue weighted by Gasteiger charge is 2.42. The van der Waals surface area contributed by atoms with E-state index >= 15 is 0 Å². The molecule has 1 N–H and O–H groups in total. The van der Waals surface area contributed by atoms with Crippen LogP contribution in [-0.2, 0) is 12.8 Å². The van der Waals surface area contributed by atoms with Crippen LogP contribution in [0, 0.1) is 44.0 Å². The third kappa shape index (κ3) is 4.64. The van der Waals surface area contributed by atoms with Crippen molar-refractivity contribution in [3.63, 3.8) is 0 Å². The average molecular weight is 476 g/mol. The number of benzene rings is 2. The van der Waals surface area contributed by atoms with Gasteiger partial charge in [-0.15, -0.1) is 0 Å². The summed E-state index contributed by atoms with van der Waals surface area (Å²) in [7, 11) is 0. The monoisotopic (exact) mass is 476 g/mol. The molecule has 176 valence electrons. The normalized spacial score (nSPS) is 11.6. The molecule has 0 fully saturated rings. The van der Waals surface area contributed by atoms with Gasteiger partial charge in [0, 0.05) is 0 Å². The molecule has 0 unspecified atom stereocenters. The quantitative estimate of drug-likeness (QED) is 0.362. The molecule has 0 spiro atoms. The maximum absolute atomic E-state index is 14.1. The molecule has 1 amide bonds. The first-order valence-corrected chi connectivity index (χ1v) is 9.22. The van der Waals surface area contributed by atoms with Crippen LogP contribution >= 0.6 is 0 Å². The van der Waals surface area contributed by atoms with Gasteiger partial charge in [-0.3, -0.25) is 4.79 Å². The lowest BCUT2D eigenvalue weighted by Gasteiger charge is -2.14. The summed E-state index contributed by atoms with van der Waals surface area (Å²) in [6.45, 7) is 4.86. The SMILES string of the molecule is Cc1ccc(OCc2c(C(=O)Nc3c(F)c(F)c(C(F)(F)F)c(F)c3F)noc2C)cc1C. The first-order valence-electron chi connectivity index (χ1n) is 9.22. The minimum atomic E-state index is -5.71. The van der Waals surface area contributed by atoms with Crippen molar-refractivity contribution in [2.45, 2.75) is 33.6 Å². The number of halogens is 7. The van der Waals surface area contributed by atoms with Crippen molar-refractivity contribution in [3.05, 3.63) is 75.2 Å². The molecule has 2 aromatic carbocycles. The number of aromatic nitrogens is 1. The van der Waals surface area contributed by atoms with Crippen LogP contribution in [0.4, 0.5) is 36.4 Å². The van der Waals surface area contributed by atoms with E-state index in [9.17, 15) is 35.5 Å². The van der Waals surface area contributed by atoms with Crippen molar-refractivity contribution >= 4 is 11.6 Å². The van der Waals surface area contributed by atoms with E-state index in [2.05, 4.69) is 5.16 Å². The fourth-order valence-electron chi connectivity index (χ4n) is 2.86. The van der Waals surface area contributed by atoms with Gasteiger partial charge in [0.15, 0.2) is 29.0 Å². The Labute approximate surface area is 182 Å². The van der Waals surface area contributed by atoms with Gasteiger partial charge in [-0.2, -0.15) is 13.2 Å². The lowest BCUT2D eigenvalue weighted by Crippen LogP contribution is -2.21. The number of alkyl halides is 3. The molecule has 3 aromatic rings. The number of nitrogens with one attached hydrogen (secondary N) is 1. The van der Waals surface area contributed by atoms with Crippen molar-refractivity contribution in [2.75, 3.05) is 5.32 Å². The topological polar surface area (TPSA) is 64.4 Å². The number of aryl methyl sites for hydroxylation is 3. The van der Waals surface area contributed by atoms with Gasteiger partial charge < -0.3 is 14.6 Å². The number of ether oxygens (including phenoxy) is 1. The van der Waals surface area contributed by atoms with E-state index in [0.29, 0.717) is 5.75 Å². The van der Waals surface area contributed by atoms with Gasteiger partial charge >= 0.3 is 6.18 Å². The van der Waals surface area contributed by atoms with Crippen LogP contribution in [0.5, 0.6) is 5.75 Å². The second-order valence-electron chi connectivity index (χ2n) is 7.06. The fourth-order valence-corrected chi connectivity index (χ4v) is 2.86. The van der Waals surface area contributed by atoms with Gasteiger partial charge in [0.2, 0.25) is 0 Å². The summed E-state index contributed by atoms with van der Waals surface area (Å²) in [6.07, 6.45) is -5.71. The largest absolute Gasteiger partial charge is 0.489 e. The summed E-state index contributed by atoms with van der Waals surface area (Å²) in [5, 5.41) is 4.95. The van der Waals surface area contributed by atoms with Crippen molar-refractivity contribution < 1.29 is 44.8 Å². The summed E-state index contributed by atoms with van der Waals surface area (Å²) in [5.41, 5.74) is -3.08. The van der Waals surface area contributed by atoms with Crippen molar-refractivity contribution in [1.82, 2.24) is 5.16 Å². The summed E-state index contributed by atoms with van der Waals surface area (Å²) < 4.78 is 104.